The number of nitrogens with zero attached hydrogens (tertiary/aromatic N) is 1. The van der Waals surface area contributed by atoms with Gasteiger partial charge >= 0.3 is 0 Å². The fourth-order valence-corrected chi connectivity index (χ4v) is 2.66. The Morgan fingerprint density at radius 1 is 1.04 bits per heavy atom. The largest absolute Gasteiger partial charge is 0.492 e. The zero-order valence-corrected chi connectivity index (χ0v) is 15.5. The summed E-state index contributed by atoms with van der Waals surface area (Å²) in [5, 5.41) is 6.13. The number of anilines is 3. The third-order valence-corrected chi connectivity index (χ3v) is 4.09. The third-order valence-electron chi connectivity index (χ3n) is 4.09. The lowest BCUT2D eigenvalue weighted by Crippen LogP contribution is -2.12. The van der Waals surface area contributed by atoms with E-state index in [1.54, 1.807) is 18.3 Å². The molecule has 138 valence electrons. The van der Waals surface area contributed by atoms with E-state index in [0.29, 0.717) is 18.0 Å². The van der Waals surface area contributed by atoms with Gasteiger partial charge in [0, 0.05) is 17.4 Å². The summed E-state index contributed by atoms with van der Waals surface area (Å²) in [6, 6.07) is 18.9. The highest BCUT2D eigenvalue weighted by Gasteiger charge is 2.09. The van der Waals surface area contributed by atoms with Crippen LogP contribution in [0, 0.1) is 0 Å². The summed E-state index contributed by atoms with van der Waals surface area (Å²) in [4.78, 5) is 16.9. The SMILES string of the molecule is CCOc1ccccc1Nc1cc(C(=O)Nc2ccc(CC)cc2)ccn1. The van der Waals surface area contributed by atoms with Crippen LogP contribution in [0.5, 0.6) is 5.75 Å². The summed E-state index contributed by atoms with van der Waals surface area (Å²) < 4.78 is 5.62. The molecule has 0 aliphatic carbocycles. The molecule has 0 aliphatic rings. The van der Waals surface area contributed by atoms with Crippen molar-refractivity contribution in [1.29, 1.82) is 0 Å². The first-order valence-corrected chi connectivity index (χ1v) is 9.04. The number of para-hydroxylation sites is 2. The van der Waals surface area contributed by atoms with Gasteiger partial charge in [-0.1, -0.05) is 31.2 Å². The number of benzene rings is 2. The Kier molecular flexibility index (Phi) is 6.05. The van der Waals surface area contributed by atoms with Crippen LogP contribution in [0.15, 0.2) is 66.9 Å². The summed E-state index contributed by atoms with van der Waals surface area (Å²) in [6.45, 7) is 4.61. The van der Waals surface area contributed by atoms with Crippen molar-refractivity contribution in [1.82, 2.24) is 4.98 Å². The number of aromatic nitrogens is 1. The highest BCUT2D eigenvalue weighted by atomic mass is 16.5. The van der Waals surface area contributed by atoms with Crippen molar-refractivity contribution < 1.29 is 9.53 Å². The summed E-state index contributed by atoms with van der Waals surface area (Å²) in [6.07, 6.45) is 2.58. The van der Waals surface area contributed by atoms with Gasteiger partial charge in [-0.05, 0) is 55.3 Å². The molecule has 0 spiro atoms. The number of amides is 1. The van der Waals surface area contributed by atoms with E-state index >= 15 is 0 Å². The van der Waals surface area contributed by atoms with Crippen LogP contribution in [0.3, 0.4) is 0 Å². The summed E-state index contributed by atoms with van der Waals surface area (Å²) in [5.41, 5.74) is 3.34. The molecule has 0 bridgehead atoms. The highest BCUT2D eigenvalue weighted by molar-refractivity contribution is 6.04. The number of ether oxygens (including phenoxy) is 1. The Morgan fingerprint density at radius 3 is 2.56 bits per heavy atom. The Labute approximate surface area is 159 Å². The van der Waals surface area contributed by atoms with E-state index in [1.807, 2.05) is 55.5 Å². The number of carbonyl (C=O) groups excluding carboxylic acids is 1. The molecule has 5 nitrogen and oxygen atoms in total. The van der Waals surface area contributed by atoms with E-state index in [4.69, 9.17) is 4.74 Å². The highest BCUT2D eigenvalue weighted by Crippen LogP contribution is 2.27. The van der Waals surface area contributed by atoms with Crippen LogP contribution in [-0.2, 0) is 6.42 Å². The Bertz CT molecular complexity index is 907. The van der Waals surface area contributed by atoms with Crippen LogP contribution in [0.4, 0.5) is 17.2 Å². The van der Waals surface area contributed by atoms with Crippen LogP contribution in [0.1, 0.15) is 29.8 Å². The number of nitrogens with one attached hydrogen (secondary N) is 2. The first-order chi connectivity index (χ1) is 13.2. The van der Waals surface area contributed by atoms with E-state index in [9.17, 15) is 4.79 Å². The molecule has 0 atom stereocenters. The second-order valence-electron chi connectivity index (χ2n) is 5.99. The van der Waals surface area contributed by atoms with Gasteiger partial charge in [-0.25, -0.2) is 4.98 Å². The smallest absolute Gasteiger partial charge is 0.255 e. The molecule has 3 aromatic rings. The van der Waals surface area contributed by atoms with Crippen molar-refractivity contribution in [3.8, 4) is 5.75 Å². The van der Waals surface area contributed by atoms with Gasteiger partial charge in [0.15, 0.2) is 0 Å². The zero-order chi connectivity index (χ0) is 19.1. The van der Waals surface area contributed by atoms with Crippen molar-refractivity contribution in [3.05, 3.63) is 78.0 Å². The van der Waals surface area contributed by atoms with Crippen molar-refractivity contribution in [2.75, 3.05) is 17.2 Å². The van der Waals surface area contributed by atoms with Crippen LogP contribution in [0.25, 0.3) is 0 Å². The average molecular weight is 361 g/mol. The molecule has 0 saturated carbocycles. The number of carbonyl (C=O) groups is 1. The molecule has 1 heterocycles. The van der Waals surface area contributed by atoms with Crippen LogP contribution in [0.2, 0.25) is 0 Å². The van der Waals surface area contributed by atoms with E-state index < -0.39 is 0 Å². The van der Waals surface area contributed by atoms with E-state index in [1.165, 1.54) is 5.56 Å². The quantitative estimate of drug-likeness (QED) is 0.619. The molecule has 3 rings (SSSR count). The number of hydrogen-bond acceptors (Lipinski definition) is 4. The second-order valence-corrected chi connectivity index (χ2v) is 5.99. The Hall–Kier alpha value is -3.34. The molecule has 0 unspecified atom stereocenters. The van der Waals surface area contributed by atoms with Gasteiger partial charge in [0.05, 0.1) is 12.3 Å². The summed E-state index contributed by atoms with van der Waals surface area (Å²) >= 11 is 0. The minimum absolute atomic E-state index is 0.178. The van der Waals surface area contributed by atoms with E-state index in [2.05, 4.69) is 22.5 Å². The second kappa shape index (κ2) is 8.85. The fraction of sp³-hybridized carbons (Fsp3) is 0.182. The molecular formula is C22H23N3O2. The standard InChI is InChI=1S/C22H23N3O2/c1-3-16-9-11-18(12-10-16)24-22(26)17-13-14-23-21(15-17)25-19-7-5-6-8-20(19)27-4-2/h5-15H,3-4H2,1-2H3,(H,23,25)(H,24,26). The van der Waals surface area contributed by atoms with E-state index in [0.717, 1.165) is 23.5 Å². The van der Waals surface area contributed by atoms with Gasteiger partial charge in [-0.15, -0.1) is 0 Å². The number of aryl methyl sites for hydroxylation is 1. The molecule has 2 N–H and O–H groups in total. The maximum Gasteiger partial charge on any atom is 0.255 e. The van der Waals surface area contributed by atoms with Gasteiger partial charge in [0.25, 0.3) is 5.91 Å². The lowest BCUT2D eigenvalue weighted by Gasteiger charge is -2.12. The molecular weight excluding hydrogens is 338 g/mol. The van der Waals surface area contributed by atoms with Gasteiger partial charge in [-0.3, -0.25) is 4.79 Å². The lowest BCUT2D eigenvalue weighted by atomic mass is 10.1. The van der Waals surface area contributed by atoms with Crippen molar-refractivity contribution in [2.24, 2.45) is 0 Å². The molecule has 0 radical (unpaired) electrons. The van der Waals surface area contributed by atoms with Crippen molar-refractivity contribution in [2.45, 2.75) is 20.3 Å². The van der Waals surface area contributed by atoms with Gasteiger partial charge in [0.2, 0.25) is 0 Å². The minimum Gasteiger partial charge on any atom is -0.492 e. The minimum atomic E-state index is -0.178. The molecule has 1 aromatic heterocycles. The summed E-state index contributed by atoms with van der Waals surface area (Å²) in [7, 11) is 0. The molecule has 0 aliphatic heterocycles. The monoisotopic (exact) mass is 361 g/mol. The lowest BCUT2D eigenvalue weighted by molar-refractivity contribution is 0.102. The van der Waals surface area contributed by atoms with Gasteiger partial charge in [-0.2, -0.15) is 0 Å². The number of rotatable bonds is 7. The maximum absolute atomic E-state index is 12.6. The first-order valence-electron chi connectivity index (χ1n) is 9.04. The normalized spacial score (nSPS) is 10.3. The van der Waals surface area contributed by atoms with E-state index in [-0.39, 0.29) is 5.91 Å². The maximum atomic E-state index is 12.6. The number of pyridine rings is 1. The molecule has 0 fully saturated rings. The predicted octanol–water partition coefficient (Wildman–Crippen LogP) is 5.04. The van der Waals surface area contributed by atoms with Crippen LogP contribution in [-0.4, -0.2) is 17.5 Å². The number of hydrogen-bond donors (Lipinski definition) is 2. The molecule has 1 amide bonds. The fourth-order valence-electron chi connectivity index (χ4n) is 2.66. The van der Waals surface area contributed by atoms with Crippen LogP contribution >= 0.6 is 0 Å². The topological polar surface area (TPSA) is 63.2 Å². The van der Waals surface area contributed by atoms with Crippen molar-refractivity contribution in [3.63, 3.8) is 0 Å². The van der Waals surface area contributed by atoms with Crippen LogP contribution < -0.4 is 15.4 Å². The zero-order valence-electron chi connectivity index (χ0n) is 15.5. The predicted molar refractivity (Wildman–Crippen MR) is 109 cm³/mol. The Balaban J connectivity index is 1.74. The molecule has 27 heavy (non-hydrogen) atoms. The average Bonchev–Trinajstić information content (AvgIpc) is 2.70. The van der Waals surface area contributed by atoms with Crippen molar-refractivity contribution >= 4 is 23.1 Å². The molecule has 2 aromatic carbocycles. The van der Waals surface area contributed by atoms with Gasteiger partial charge < -0.3 is 15.4 Å². The summed E-state index contributed by atoms with van der Waals surface area (Å²) in [5.74, 6) is 1.14. The third kappa shape index (κ3) is 4.85. The molecule has 0 saturated heterocycles. The molecule has 5 heteroatoms. The Morgan fingerprint density at radius 2 is 1.81 bits per heavy atom. The van der Waals surface area contributed by atoms with Gasteiger partial charge in [0.1, 0.15) is 11.6 Å². The first kappa shape index (κ1) is 18.5.